The minimum absolute atomic E-state index is 0.281. The van der Waals surface area contributed by atoms with Crippen molar-refractivity contribution in [2.75, 3.05) is 19.0 Å². The minimum Gasteiger partial charge on any atom is -0.378 e. The lowest BCUT2D eigenvalue weighted by molar-refractivity contribution is 0.574. The molecule has 0 fully saturated rings. The second-order valence-corrected chi connectivity index (χ2v) is 6.10. The van der Waals surface area contributed by atoms with Gasteiger partial charge in [0.25, 0.3) is 0 Å². The van der Waals surface area contributed by atoms with Crippen LogP contribution in [-0.4, -0.2) is 28.9 Å². The zero-order valence-electron chi connectivity index (χ0n) is 14.3. The van der Waals surface area contributed by atoms with Crippen LogP contribution in [0.5, 0.6) is 0 Å². The summed E-state index contributed by atoms with van der Waals surface area (Å²) in [5, 5.41) is 7.71. The Kier molecular flexibility index (Phi) is 4.91. The van der Waals surface area contributed by atoms with E-state index in [1.165, 1.54) is 16.8 Å². The third-order valence-electron chi connectivity index (χ3n) is 4.14. The van der Waals surface area contributed by atoms with Crippen LogP contribution < -0.4 is 10.2 Å². The van der Waals surface area contributed by atoms with Crippen molar-refractivity contribution < 1.29 is 0 Å². The molecule has 1 heterocycles. The molecule has 5 heteroatoms. The van der Waals surface area contributed by atoms with Gasteiger partial charge >= 0.3 is 0 Å². The van der Waals surface area contributed by atoms with Gasteiger partial charge in [-0.15, -0.1) is 0 Å². The van der Waals surface area contributed by atoms with Crippen molar-refractivity contribution in [3.63, 3.8) is 0 Å². The summed E-state index contributed by atoms with van der Waals surface area (Å²) in [5.41, 5.74) is 4.77. The molecule has 0 radical (unpaired) electrons. The minimum atomic E-state index is 0.281. The average Bonchev–Trinajstić information content (AvgIpc) is 3.15. The SMILES string of the molecule is C[C@@H](NCc1ccc(N(C)C)cc1)c1ccc(-n2cncn2)cc1. The highest BCUT2D eigenvalue weighted by Gasteiger charge is 2.06. The molecule has 0 saturated carbocycles. The number of nitrogens with zero attached hydrogens (tertiary/aromatic N) is 4. The van der Waals surface area contributed by atoms with E-state index in [4.69, 9.17) is 0 Å². The largest absolute Gasteiger partial charge is 0.378 e. The van der Waals surface area contributed by atoms with Gasteiger partial charge in [0.15, 0.2) is 0 Å². The van der Waals surface area contributed by atoms with E-state index in [1.807, 2.05) is 0 Å². The Labute approximate surface area is 143 Å². The molecule has 0 amide bonds. The van der Waals surface area contributed by atoms with Crippen LogP contribution in [0.25, 0.3) is 5.69 Å². The quantitative estimate of drug-likeness (QED) is 0.757. The lowest BCUT2D eigenvalue weighted by atomic mass is 10.1. The van der Waals surface area contributed by atoms with Crippen molar-refractivity contribution in [3.05, 3.63) is 72.3 Å². The fourth-order valence-corrected chi connectivity index (χ4v) is 2.56. The van der Waals surface area contributed by atoms with Crippen LogP contribution in [0, 0.1) is 0 Å². The smallest absolute Gasteiger partial charge is 0.138 e. The number of aromatic nitrogens is 3. The first-order valence-corrected chi connectivity index (χ1v) is 8.08. The van der Waals surface area contributed by atoms with Gasteiger partial charge in [-0.3, -0.25) is 0 Å². The van der Waals surface area contributed by atoms with Crippen LogP contribution in [0.15, 0.2) is 61.2 Å². The number of rotatable bonds is 6. The third kappa shape index (κ3) is 3.81. The van der Waals surface area contributed by atoms with E-state index in [0.717, 1.165) is 12.2 Å². The van der Waals surface area contributed by atoms with E-state index >= 15 is 0 Å². The van der Waals surface area contributed by atoms with E-state index in [0.29, 0.717) is 0 Å². The number of hydrogen-bond acceptors (Lipinski definition) is 4. The summed E-state index contributed by atoms with van der Waals surface area (Å²) in [4.78, 5) is 6.08. The fourth-order valence-electron chi connectivity index (χ4n) is 2.56. The zero-order chi connectivity index (χ0) is 16.9. The summed E-state index contributed by atoms with van der Waals surface area (Å²) in [6.07, 6.45) is 3.24. The van der Waals surface area contributed by atoms with Gasteiger partial charge in [-0.1, -0.05) is 24.3 Å². The number of nitrogens with one attached hydrogen (secondary N) is 1. The van der Waals surface area contributed by atoms with E-state index in [-0.39, 0.29) is 6.04 Å². The molecular formula is C19H23N5. The summed E-state index contributed by atoms with van der Waals surface area (Å²) >= 11 is 0. The molecule has 3 aromatic rings. The lowest BCUT2D eigenvalue weighted by Gasteiger charge is -2.16. The van der Waals surface area contributed by atoms with Crippen LogP contribution in [0.3, 0.4) is 0 Å². The summed E-state index contributed by atoms with van der Waals surface area (Å²) in [7, 11) is 4.11. The third-order valence-corrected chi connectivity index (χ3v) is 4.14. The highest BCUT2D eigenvalue weighted by Crippen LogP contribution is 2.17. The molecule has 3 rings (SSSR count). The molecule has 24 heavy (non-hydrogen) atoms. The molecule has 0 saturated heterocycles. The number of anilines is 1. The van der Waals surface area contributed by atoms with Gasteiger partial charge in [-0.2, -0.15) is 5.10 Å². The maximum absolute atomic E-state index is 4.14. The highest BCUT2D eigenvalue weighted by molar-refractivity contribution is 5.46. The molecule has 0 aliphatic rings. The molecular weight excluding hydrogens is 298 g/mol. The van der Waals surface area contributed by atoms with Crippen LogP contribution in [0.4, 0.5) is 5.69 Å². The maximum atomic E-state index is 4.14. The Bertz CT molecular complexity index is 745. The highest BCUT2D eigenvalue weighted by atomic mass is 15.3. The van der Waals surface area contributed by atoms with Crippen molar-refractivity contribution in [2.45, 2.75) is 19.5 Å². The zero-order valence-corrected chi connectivity index (χ0v) is 14.3. The first-order valence-electron chi connectivity index (χ1n) is 8.08. The topological polar surface area (TPSA) is 46.0 Å². The molecule has 2 aromatic carbocycles. The van der Waals surface area contributed by atoms with Gasteiger partial charge in [-0.05, 0) is 42.3 Å². The molecule has 0 aliphatic heterocycles. The maximum Gasteiger partial charge on any atom is 0.138 e. The fraction of sp³-hybridized carbons (Fsp3) is 0.263. The van der Waals surface area contributed by atoms with E-state index in [9.17, 15) is 0 Å². The summed E-state index contributed by atoms with van der Waals surface area (Å²) in [6.45, 7) is 3.03. The summed E-state index contributed by atoms with van der Waals surface area (Å²) in [6, 6.07) is 17.3. The number of hydrogen-bond donors (Lipinski definition) is 1. The predicted octanol–water partition coefficient (Wildman–Crippen LogP) is 3.18. The van der Waals surface area contributed by atoms with Gasteiger partial charge in [0.2, 0.25) is 0 Å². The number of benzene rings is 2. The Morgan fingerprint density at radius 3 is 2.33 bits per heavy atom. The molecule has 1 atom stereocenters. The van der Waals surface area contributed by atoms with Crippen LogP contribution in [0.2, 0.25) is 0 Å². The predicted molar refractivity (Wildman–Crippen MR) is 97.4 cm³/mol. The Morgan fingerprint density at radius 1 is 1.04 bits per heavy atom. The Balaban J connectivity index is 1.59. The lowest BCUT2D eigenvalue weighted by Crippen LogP contribution is -2.18. The van der Waals surface area contributed by atoms with E-state index in [2.05, 4.69) is 89.8 Å². The molecule has 0 unspecified atom stereocenters. The van der Waals surface area contributed by atoms with E-state index < -0.39 is 0 Å². The van der Waals surface area contributed by atoms with Gasteiger partial charge < -0.3 is 10.2 Å². The first kappa shape index (κ1) is 16.2. The van der Waals surface area contributed by atoms with Gasteiger partial charge in [0, 0.05) is 32.4 Å². The van der Waals surface area contributed by atoms with Gasteiger partial charge in [0.1, 0.15) is 12.7 Å². The second-order valence-electron chi connectivity index (χ2n) is 6.10. The molecule has 0 bridgehead atoms. The molecule has 5 nitrogen and oxygen atoms in total. The standard InChI is InChI=1S/C19H23N5/c1-15(21-12-16-4-8-18(9-5-16)23(2)3)17-6-10-19(11-7-17)24-14-20-13-22-24/h4-11,13-15,21H,12H2,1-3H3/t15-/m1/s1. The van der Waals surface area contributed by atoms with Crippen molar-refractivity contribution in [1.29, 1.82) is 0 Å². The molecule has 1 N–H and O–H groups in total. The van der Waals surface area contributed by atoms with Crippen molar-refractivity contribution in [1.82, 2.24) is 20.1 Å². The molecule has 0 spiro atoms. The van der Waals surface area contributed by atoms with Gasteiger partial charge in [-0.25, -0.2) is 9.67 Å². The first-order chi connectivity index (χ1) is 11.6. The van der Waals surface area contributed by atoms with Crippen LogP contribution in [0.1, 0.15) is 24.1 Å². The van der Waals surface area contributed by atoms with Crippen LogP contribution >= 0.6 is 0 Å². The van der Waals surface area contributed by atoms with Gasteiger partial charge in [0.05, 0.1) is 5.69 Å². The van der Waals surface area contributed by atoms with Crippen molar-refractivity contribution in [3.8, 4) is 5.69 Å². The summed E-state index contributed by atoms with van der Waals surface area (Å²) in [5.74, 6) is 0. The second kappa shape index (κ2) is 7.27. The average molecular weight is 321 g/mol. The Hall–Kier alpha value is -2.66. The normalized spacial score (nSPS) is 12.1. The summed E-state index contributed by atoms with van der Waals surface area (Å²) < 4.78 is 1.76. The molecule has 124 valence electrons. The van der Waals surface area contributed by atoms with Crippen molar-refractivity contribution in [2.24, 2.45) is 0 Å². The van der Waals surface area contributed by atoms with Crippen molar-refractivity contribution >= 4 is 5.69 Å². The Morgan fingerprint density at radius 2 is 1.75 bits per heavy atom. The van der Waals surface area contributed by atoms with Crippen LogP contribution in [-0.2, 0) is 6.54 Å². The molecule has 0 aliphatic carbocycles. The van der Waals surface area contributed by atoms with E-state index in [1.54, 1.807) is 17.3 Å². The monoisotopic (exact) mass is 321 g/mol. The molecule has 1 aromatic heterocycles.